The molecule has 0 radical (unpaired) electrons. The van der Waals surface area contributed by atoms with Gasteiger partial charge in [-0.3, -0.25) is 9.35 Å². The summed E-state index contributed by atoms with van der Waals surface area (Å²) in [7, 11) is -3.26. The number of azo groups is 1. The van der Waals surface area contributed by atoms with Gasteiger partial charge in [0.25, 0.3) is 16.0 Å². The predicted octanol–water partition coefficient (Wildman–Crippen LogP) is 3.46. The first-order chi connectivity index (χ1) is 17.5. The number of fused-ring (bicyclic) bond motifs is 1. The summed E-state index contributed by atoms with van der Waals surface area (Å²) < 4.78 is 38.6. The Labute approximate surface area is 250 Å². The molecule has 4 rings (SSSR count). The molecule has 4 aromatic carbocycles. The molecule has 2 N–H and O–H groups in total. The van der Waals surface area contributed by atoms with Gasteiger partial charge in [0.1, 0.15) is 16.3 Å². The SMILES string of the molecule is COc1cc(Cl)cc(NC(=O)c2cc3ccccc3c(N=Nc3c(Cl)cc(C)cc3S(=O)(=O)O)c2[O-])c1.[Na+]. The van der Waals surface area contributed by atoms with Gasteiger partial charge < -0.3 is 15.2 Å². The van der Waals surface area contributed by atoms with Gasteiger partial charge in [0.05, 0.1) is 17.8 Å². The van der Waals surface area contributed by atoms with E-state index in [2.05, 4.69) is 15.5 Å². The number of halogens is 2. The minimum atomic E-state index is -4.70. The van der Waals surface area contributed by atoms with E-state index in [4.69, 9.17) is 27.9 Å². The zero-order chi connectivity index (χ0) is 26.9. The molecule has 1 amide bonds. The van der Waals surface area contributed by atoms with Crippen LogP contribution in [-0.4, -0.2) is 26.0 Å². The summed E-state index contributed by atoms with van der Waals surface area (Å²) in [5.41, 5.74) is -0.0438. The summed E-state index contributed by atoms with van der Waals surface area (Å²) in [6.45, 7) is 1.59. The van der Waals surface area contributed by atoms with Gasteiger partial charge in [-0.25, -0.2) is 0 Å². The monoisotopic (exact) mass is 581 g/mol. The molecule has 190 valence electrons. The van der Waals surface area contributed by atoms with Crippen molar-refractivity contribution >= 4 is 67.1 Å². The van der Waals surface area contributed by atoms with Gasteiger partial charge in [-0.2, -0.15) is 13.5 Å². The third-order valence-corrected chi connectivity index (χ3v) is 6.66. The van der Waals surface area contributed by atoms with Crippen LogP contribution >= 0.6 is 23.2 Å². The second-order valence-corrected chi connectivity index (χ2v) is 10.2. The Kier molecular flexibility index (Phi) is 9.43. The quantitative estimate of drug-likeness (QED) is 0.203. The fourth-order valence-electron chi connectivity index (χ4n) is 3.62. The molecule has 0 atom stereocenters. The molecule has 0 saturated heterocycles. The third-order valence-electron chi connectivity index (χ3n) is 5.29. The van der Waals surface area contributed by atoms with Crippen molar-refractivity contribution in [3.05, 3.63) is 81.8 Å². The molecule has 0 spiro atoms. The number of nitrogens with zero attached hydrogens (tertiary/aromatic N) is 2. The Hall–Kier alpha value is -2.70. The van der Waals surface area contributed by atoms with Crippen LogP contribution in [0, 0.1) is 6.92 Å². The molecule has 0 aliphatic rings. The summed E-state index contributed by atoms with van der Waals surface area (Å²) in [6, 6.07) is 15.3. The minimum absolute atomic E-state index is 0. The van der Waals surface area contributed by atoms with Crippen molar-refractivity contribution in [2.75, 3.05) is 12.4 Å². The fourth-order valence-corrected chi connectivity index (χ4v) is 4.95. The van der Waals surface area contributed by atoms with E-state index in [0.29, 0.717) is 32.8 Å². The Bertz CT molecular complexity index is 1700. The third kappa shape index (κ3) is 6.47. The molecule has 0 heterocycles. The average Bonchev–Trinajstić information content (AvgIpc) is 2.82. The number of benzene rings is 4. The zero-order valence-corrected chi connectivity index (χ0v) is 24.6. The van der Waals surface area contributed by atoms with Gasteiger partial charge in [0.15, 0.2) is 0 Å². The Balaban J connectivity index is 0.00000400. The summed E-state index contributed by atoms with van der Waals surface area (Å²) >= 11 is 12.2. The normalized spacial score (nSPS) is 11.4. The average molecular weight is 582 g/mol. The maximum Gasteiger partial charge on any atom is 1.00 e. The van der Waals surface area contributed by atoms with Gasteiger partial charge in [0, 0.05) is 27.7 Å². The van der Waals surface area contributed by atoms with Crippen LogP contribution in [0.3, 0.4) is 0 Å². The number of carbonyl (C=O) groups is 1. The molecule has 0 saturated carbocycles. The van der Waals surface area contributed by atoms with Crippen molar-refractivity contribution in [2.45, 2.75) is 11.8 Å². The van der Waals surface area contributed by atoms with Crippen molar-refractivity contribution in [1.82, 2.24) is 0 Å². The summed E-state index contributed by atoms with van der Waals surface area (Å²) in [6.07, 6.45) is 0. The number of aryl methyl sites for hydroxylation is 1. The first-order valence-electron chi connectivity index (χ1n) is 10.6. The van der Waals surface area contributed by atoms with E-state index in [0.717, 1.165) is 0 Å². The summed E-state index contributed by atoms with van der Waals surface area (Å²) in [5.74, 6) is -1.09. The predicted molar refractivity (Wildman–Crippen MR) is 140 cm³/mol. The number of ether oxygens (including phenoxy) is 1. The number of hydrogen-bond donors (Lipinski definition) is 2. The van der Waals surface area contributed by atoms with Gasteiger partial charge in [-0.15, -0.1) is 5.11 Å². The Morgan fingerprint density at radius 2 is 1.71 bits per heavy atom. The van der Waals surface area contributed by atoms with Gasteiger partial charge >= 0.3 is 29.6 Å². The van der Waals surface area contributed by atoms with Crippen molar-refractivity contribution < 1.29 is 57.2 Å². The standard InChI is InChI=1S/C25H19Cl2N3O6S.Na/c1-13-7-20(27)23(21(8-13)37(33,34)35)30-29-22-18-6-4-3-5-14(18)9-19(24(22)31)25(32)28-16-10-15(26)11-17(12-16)36-2;/h3-12,31H,1-2H3,(H,28,32)(H,33,34,35);/q;+1/p-1. The van der Waals surface area contributed by atoms with Crippen LogP contribution in [0.15, 0.2) is 75.8 Å². The molecule has 38 heavy (non-hydrogen) atoms. The van der Waals surface area contributed by atoms with Crippen LogP contribution < -0.4 is 44.7 Å². The summed E-state index contributed by atoms with van der Waals surface area (Å²) in [4.78, 5) is 12.5. The maximum atomic E-state index is 13.4. The van der Waals surface area contributed by atoms with E-state index in [9.17, 15) is 22.9 Å². The molecule has 0 aromatic heterocycles. The van der Waals surface area contributed by atoms with Crippen molar-refractivity contribution in [2.24, 2.45) is 10.2 Å². The number of hydrogen-bond acceptors (Lipinski definition) is 7. The molecule has 13 heteroatoms. The van der Waals surface area contributed by atoms with Gasteiger partial charge in [0.2, 0.25) is 0 Å². The molecule has 9 nitrogen and oxygen atoms in total. The van der Waals surface area contributed by atoms with Crippen LogP contribution in [-0.2, 0) is 10.1 Å². The van der Waals surface area contributed by atoms with E-state index < -0.39 is 26.7 Å². The molecule has 0 aliphatic carbocycles. The molecule has 4 aromatic rings. The zero-order valence-electron chi connectivity index (χ0n) is 20.3. The number of rotatable bonds is 6. The Morgan fingerprint density at radius 1 is 1.03 bits per heavy atom. The van der Waals surface area contributed by atoms with Crippen LogP contribution in [0.4, 0.5) is 17.1 Å². The largest absolute Gasteiger partial charge is 1.00 e. The van der Waals surface area contributed by atoms with Gasteiger partial charge in [-0.05, 0) is 48.2 Å². The van der Waals surface area contributed by atoms with E-state index in [1.165, 1.54) is 37.4 Å². The van der Waals surface area contributed by atoms with Gasteiger partial charge in [-0.1, -0.05) is 53.2 Å². The molecular weight excluding hydrogens is 564 g/mol. The smallest absolute Gasteiger partial charge is 0.870 e. The fraction of sp³-hybridized carbons (Fsp3) is 0.0800. The number of anilines is 1. The first-order valence-corrected chi connectivity index (χ1v) is 12.8. The van der Waals surface area contributed by atoms with E-state index >= 15 is 0 Å². The maximum absolute atomic E-state index is 13.4. The number of amides is 1. The van der Waals surface area contributed by atoms with E-state index in [-0.39, 0.29) is 51.5 Å². The molecule has 0 unspecified atom stereocenters. The van der Waals surface area contributed by atoms with E-state index in [1.807, 2.05) is 0 Å². The van der Waals surface area contributed by atoms with Crippen molar-refractivity contribution in [3.63, 3.8) is 0 Å². The van der Waals surface area contributed by atoms with E-state index in [1.54, 1.807) is 37.3 Å². The molecule has 0 bridgehead atoms. The summed E-state index contributed by atoms with van der Waals surface area (Å²) in [5, 5.41) is 25.0. The number of methoxy groups -OCH3 is 1. The number of nitrogens with one attached hydrogen (secondary N) is 1. The number of carbonyl (C=O) groups excluding carboxylic acids is 1. The van der Waals surface area contributed by atoms with Crippen molar-refractivity contribution in [3.8, 4) is 11.5 Å². The second-order valence-electron chi connectivity index (χ2n) is 7.93. The minimum Gasteiger partial charge on any atom is -0.870 e. The molecule has 0 fully saturated rings. The van der Waals surface area contributed by atoms with Crippen molar-refractivity contribution in [1.29, 1.82) is 0 Å². The first kappa shape index (κ1) is 29.9. The van der Waals surface area contributed by atoms with Crippen LogP contribution in [0.2, 0.25) is 10.0 Å². The van der Waals surface area contributed by atoms with Crippen LogP contribution in [0.1, 0.15) is 15.9 Å². The second kappa shape index (κ2) is 12.0. The van der Waals surface area contributed by atoms with Crippen LogP contribution in [0.25, 0.3) is 10.8 Å². The molecule has 0 aliphatic heterocycles. The Morgan fingerprint density at radius 3 is 2.39 bits per heavy atom. The molecular formula is C25H18Cl2N3NaO6S. The van der Waals surface area contributed by atoms with Crippen LogP contribution in [0.5, 0.6) is 11.5 Å². The topological polar surface area (TPSA) is 140 Å².